The van der Waals surface area contributed by atoms with E-state index in [0.717, 1.165) is 0 Å². The molecule has 8 nitrogen and oxygen atoms in total. The predicted octanol–water partition coefficient (Wildman–Crippen LogP) is 2.36. The topological polar surface area (TPSA) is 117 Å². The highest BCUT2D eigenvalue weighted by Gasteiger charge is 2.61. The number of alkyl halides is 4. The van der Waals surface area contributed by atoms with Gasteiger partial charge >= 0.3 is 12.0 Å². The van der Waals surface area contributed by atoms with Gasteiger partial charge in [-0.2, -0.15) is 17.6 Å². The Balaban J connectivity index is 4.36. The largest absolute Gasteiger partial charge is 0.458 e. The summed E-state index contributed by atoms with van der Waals surface area (Å²) in [5.74, 6) is -7.36. The number of carbonyl (C=O) groups excluding carboxylic acids is 2. The second kappa shape index (κ2) is 12.3. The molecule has 1 unspecified atom stereocenters. The first-order valence-corrected chi connectivity index (χ1v) is 10.7. The van der Waals surface area contributed by atoms with Crippen LogP contribution in [0.4, 0.5) is 17.6 Å². The summed E-state index contributed by atoms with van der Waals surface area (Å²) in [4.78, 5) is 23.4. The van der Waals surface area contributed by atoms with E-state index in [-0.39, 0.29) is 45.1 Å². The summed E-state index contributed by atoms with van der Waals surface area (Å²) in [6, 6.07) is 0. The summed E-state index contributed by atoms with van der Waals surface area (Å²) in [6.45, 7) is 10.6. The van der Waals surface area contributed by atoms with Crippen LogP contribution in [0.25, 0.3) is 0 Å². The summed E-state index contributed by atoms with van der Waals surface area (Å²) in [5.41, 5.74) is -2.01. The minimum Gasteiger partial charge on any atom is -0.396 e. The molecule has 0 spiro atoms. The monoisotopic (exact) mass is 490 g/mol. The molecule has 0 fully saturated rings. The highest BCUT2D eigenvalue weighted by molar-refractivity contribution is 5.84. The van der Waals surface area contributed by atoms with Gasteiger partial charge in [-0.15, -0.1) is 0 Å². The van der Waals surface area contributed by atoms with Gasteiger partial charge in [0.25, 0.3) is 5.91 Å². The Morgan fingerprint density at radius 2 is 1.36 bits per heavy atom. The number of hydrogen-bond donors (Lipinski definition) is 4. The van der Waals surface area contributed by atoms with E-state index in [1.54, 1.807) is 33.0 Å². The van der Waals surface area contributed by atoms with Gasteiger partial charge < -0.3 is 30.3 Å². The van der Waals surface area contributed by atoms with E-state index in [4.69, 9.17) is 19.7 Å². The number of nitrogens with one attached hydrogen (secondary N) is 2. The maximum Gasteiger partial charge on any atom is 0.458 e. The highest BCUT2D eigenvalue weighted by Crippen LogP contribution is 2.31. The number of amides is 2. The zero-order valence-electron chi connectivity index (χ0n) is 20.2. The van der Waals surface area contributed by atoms with Gasteiger partial charge in [-0.1, -0.05) is 0 Å². The Kier molecular flexibility index (Phi) is 11.7. The molecule has 0 aliphatic heterocycles. The molecule has 0 saturated carbocycles. The van der Waals surface area contributed by atoms with Crippen LogP contribution < -0.4 is 10.6 Å². The number of ether oxygens (including phenoxy) is 2. The lowest BCUT2D eigenvalue weighted by molar-refractivity contribution is -0.298. The Bertz CT molecular complexity index is 637. The van der Waals surface area contributed by atoms with Gasteiger partial charge in [0.15, 0.2) is 0 Å². The van der Waals surface area contributed by atoms with Crippen LogP contribution in [0.2, 0.25) is 0 Å². The van der Waals surface area contributed by atoms with Gasteiger partial charge in [0.2, 0.25) is 5.91 Å². The third kappa shape index (κ3) is 12.5. The van der Waals surface area contributed by atoms with E-state index >= 15 is 0 Å². The normalized spacial score (nSPS) is 15.2. The van der Waals surface area contributed by atoms with E-state index in [1.807, 2.05) is 13.8 Å². The molecule has 0 saturated heterocycles. The van der Waals surface area contributed by atoms with Crippen molar-refractivity contribution in [3.8, 4) is 0 Å². The molecule has 2 amide bonds. The van der Waals surface area contributed by atoms with Gasteiger partial charge in [-0.05, 0) is 60.8 Å². The molecule has 196 valence electrons. The van der Waals surface area contributed by atoms with E-state index in [1.165, 1.54) is 0 Å². The fraction of sp³-hybridized carbons (Fsp3) is 0.905. The first-order valence-electron chi connectivity index (χ1n) is 10.7. The molecule has 0 aliphatic rings. The van der Waals surface area contributed by atoms with Crippen LogP contribution in [-0.2, 0) is 19.1 Å². The van der Waals surface area contributed by atoms with Crippen molar-refractivity contribution in [2.24, 2.45) is 0 Å². The van der Waals surface area contributed by atoms with Gasteiger partial charge in [0.1, 0.15) is 0 Å². The molecule has 0 radical (unpaired) electrons. The van der Waals surface area contributed by atoms with Crippen LogP contribution >= 0.6 is 0 Å². The maximum absolute atomic E-state index is 13.2. The molecule has 0 aromatic carbocycles. The van der Waals surface area contributed by atoms with Crippen LogP contribution in [0.1, 0.15) is 67.2 Å². The molecule has 0 aromatic rings. The number of hydrogen-bond acceptors (Lipinski definition) is 6. The molecular weight excluding hydrogens is 452 g/mol. The van der Waals surface area contributed by atoms with Crippen LogP contribution in [0.3, 0.4) is 0 Å². The maximum atomic E-state index is 13.2. The summed E-state index contributed by atoms with van der Waals surface area (Å²) in [7, 11) is 0. The molecule has 0 aromatic heterocycles. The number of halogens is 4. The molecule has 0 aliphatic carbocycles. The number of aliphatic hydroxyl groups excluding tert-OH is 1. The number of carbonyl (C=O) groups is 2. The number of rotatable bonds is 15. The van der Waals surface area contributed by atoms with E-state index in [2.05, 4.69) is 5.32 Å². The SMILES string of the molecule is CC(C)(CCOC(C)(C)CCNC(=O)C(O)(F)C(F)(F)F)NC(=O)CCOC(C)(C)CCO. The van der Waals surface area contributed by atoms with Crippen LogP contribution in [-0.4, -0.2) is 77.2 Å². The minimum absolute atomic E-state index is 0.0133. The van der Waals surface area contributed by atoms with Crippen molar-refractivity contribution in [3.63, 3.8) is 0 Å². The lowest BCUT2D eigenvalue weighted by Gasteiger charge is -2.31. The molecule has 0 rings (SSSR count). The van der Waals surface area contributed by atoms with Gasteiger partial charge in [-0.3, -0.25) is 9.59 Å². The molecule has 0 bridgehead atoms. The predicted molar refractivity (Wildman–Crippen MR) is 113 cm³/mol. The third-order valence-corrected chi connectivity index (χ3v) is 4.92. The fourth-order valence-electron chi connectivity index (χ4n) is 2.64. The van der Waals surface area contributed by atoms with Crippen molar-refractivity contribution >= 4 is 11.8 Å². The Hall–Kier alpha value is -1.50. The van der Waals surface area contributed by atoms with Crippen molar-refractivity contribution in [1.29, 1.82) is 0 Å². The van der Waals surface area contributed by atoms with E-state index in [0.29, 0.717) is 12.8 Å². The lowest BCUT2D eigenvalue weighted by Crippen LogP contribution is -2.54. The van der Waals surface area contributed by atoms with Gasteiger partial charge in [0.05, 0.1) is 24.2 Å². The average molecular weight is 491 g/mol. The van der Waals surface area contributed by atoms with Crippen LogP contribution in [0.15, 0.2) is 0 Å². The van der Waals surface area contributed by atoms with Gasteiger partial charge in [-0.25, -0.2) is 0 Å². The van der Waals surface area contributed by atoms with Crippen molar-refractivity contribution in [2.75, 3.05) is 26.4 Å². The van der Waals surface area contributed by atoms with Crippen LogP contribution in [0, 0.1) is 0 Å². The second-order valence-corrected chi connectivity index (χ2v) is 9.75. The molecule has 4 N–H and O–H groups in total. The summed E-state index contributed by atoms with van der Waals surface area (Å²) < 4.78 is 61.4. The smallest absolute Gasteiger partial charge is 0.396 e. The second-order valence-electron chi connectivity index (χ2n) is 9.75. The van der Waals surface area contributed by atoms with Crippen molar-refractivity contribution in [2.45, 2.75) is 96.0 Å². The van der Waals surface area contributed by atoms with Crippen molar-refractivity contribution in [3.05, 3.63) is 0 Å². The highest BCUT2D eigenvalue weighted by atomic mass is 19.4. The Morgan fingerprint density at radius 3 is 1.88 bits per heavy atom. The zero-order chi connectivity index (χ0) is 26.1. The average Bonchev–Trinajstić information content (AvgIpc) is 2.59. The Morgan fingerprint density at radius 1 is 0.848 bits per heavy atom. The Labute approximate surface area is 192 Å². The first kappa shape index (κ1) is 31.5. The van der Waals surface area contributed by atoms with Crippen LogP contribution in [0.5, 0.6) is 0 Å². The molecule has 1 atom stereocenters. The third-order valence-electron chi connectivity index (χ3n) is 4.92. The van der Waals surface area contributed by atoms with Gasteiger partial charge in [0, 0.05) is 25.3 Å². The van der Waals surface area contributed by atoms with E-state index in [9.17, 15) is 27.2 Å². The molecule has 33 heavy (non-hydrogen) atoms. The first-order chi connectivity index (χ1) is 14.7. The molecule has 0 heterocycles. The zero-order valence-corrected chi connectivity index (χ0v) is 20.2. The lowest BCUT2D eigenvalue weighted by atomic mass is 10.00. The number of aliphatic hydroxyl groups is 2. The standard InChI is InChI=1S/C21H38F4N2O6/c1-17(2,27-15(29)7-13-32-19(5,6)9-12-28)10-14-33-18(3,4)8-11-26-16(30)20(22,31)21(23,24)25/h28,31H,7-14H2,1-6H3,(H,26,30)(H,27,29). The summed E-state index contributed by atoms with van der Waals surface area (Å²) in [6.07, 6.45) is -4.66. The van der Waals surface area contributed by atoms with E-state index < -0.39 is 34.7 Å². The minimum atomic E-state index is -5.74. The van der Waals surface area contributed by atoms with Crippen molar-refractivity contribution < 1.29 is 46.8 Å². The fourth-order valence-corrected chi connectivity index (χ4v) is 2.64. The molecular formula is C21H38F4N2O6. The summed E-state index contributed by atoms with van der Waals surface area (Å²) >= 11 is 0. The quantitative estimate of drug-likeness (QED) is 0.262. The van der Waals surface area contributed by atoms with Crippen molar-refractivity contribution in [1.82, 2.24) is 10.6 Å². The molecule has 12 heteroatoms. The summed E-state index contributed by atoms with van der Waals surface area (Å²) in [5, 5.41) is 22.2.